The van der Waals surface area contributed by atoms with Gasteiger partial charge in [-0.05, 0) is 6.07 Å². The summed E-state index contributed by atoms with van der Waals surface area (Å²) < 4.78 is 6.21. The van der Waals surface area contributed by atoms with E-state index in [1.54, 1.807) is 6.07 Å². The number of nitrogens with two attached hydrogens (primary N) is 2. The van der Waals surface area contributed by atoms with Crippen molar-refractivity contribution in [3.05, 3.63) is 21.7 Å². The fraction of sp³-hybridized carbons (Fsp3) is 0.222. The van der Waals surface area contributed by atoms with Gasteiger partial charge in [-0.25, -0.2) is 0 Å². The molecule has 0 spiro atoms. The van der Waals surface area contributed by atoms with Gasteiger partial charge in [-0.15, -0.1) is 0 Å². The van der Waals surface area contributed by atoms with Crippen LogP contribution in [-0.4, -0.2) is 12.5 Å². The van der Waals surface area contributed by atoms with Gasteiger partial charge in [-0.2, -0.15) is 0 Å². The monoisotopic (exact) mass is 256 g/mol. The maximum Gasteiger partial charge on any atom is 0.254 e. The Hall–Kier alpha value is -1.23. The molecule has 0 saturated carbocycles. The molecule has 1 aromatic carbocycles. The van der Waals surface area contributed by atoms with Crippen LogP contribution >= 0.6 is 15.9 Å². The van der Waals surface area contributed by atoms with Gasteiger partial charge in [0.2, 0.25) is 0 Å². The van der Waals surface area contributed by atoms with E-state index >= 15 is 0 Å². The molecule has 0 unspecified atom stereocenters. The molecule has 1 aromatic rings. The molecule has 4 N–H and O–H groups in total. The molecule has 0 radical (unpaired) electrons. The highest BCUT2D eigenvalue weighted by Gasteiger charge is 2.24. The van der Waals surface area contributed by atoms with E-state index < -0.39 is 5.91 Å². The number of anilines is 1. The summed E-state index contributed by atoms with van der Waals surface area (Å²) in [5, 5.41) is 0. The number of halogens is 1. The van der Waals surface area contributed by atoms with Crippen LogP contribution in [0.2, 0.25) is 0 Å². The molecule has 0 aromatic heterocycles. The number of hydrogen-bond donors (Lipinski definition) is 2. The van der Waals surface area contributed by atoms with Gasteiger partial charge in [0.25, 0.3) is 5.91 Å². The van der Waals surface area contributed by atoms with Gasteiger partial charge in [0.05, 0.1) is 6.61 Å². The molecule has 1 amide bonds. The highest BCUT2D eigenvalue weighted by molar-refractivity contribution is 9.10. The van der Waals surface area contributed by atoms with Gasteiger partial charge in [-0.1, -0.05) is 15.9 Å². The lowest BCUT2D eigenvalue weighted by atomic mass is 10.1. The first-order valence-electron chi connectivity index (χ1n) is 4.14. The minimum atomic E-state index is -0.548. The van der Waals surface area contributed by atoms with Crippen LogP contribution in [0.5, 0.6) is 5.75 Å². The van der Waals surface area contributed by atoms with Crippen LogP contribution in [0.4, 0.5) is 5.69 Å². The quantitative estimate of drug-likeness (QED) is 0.738. The topological polar surface area (TPSA) is 78.3 Å². The molecule has 74 valence electrons. The van der Waals surface area contributed by atoms with Crippen molar-refractivity contribution in [2.45, 2.75) is 6.42 Å². The Labute approximate surface area is 89.3 Å². The zero-order valence-corrected chi connectivity index (χ0v) is 8.93. The Bertz CT molecular complexity index is 418. The molecule has 5 heteroatoms. The van der Waals surface area contributed by atoms with Crippen LogP contribution in [-0.2, 0) is 6.42 Å². The first kappa shape index (κ1) is 9.33. The van der Waals surface area contributed by atoms with Gasteiger partial charge in [0.1, 0.15) is 11.3 Å². The summed E-state index contributed by atoms with van der Waals surface area (Å²) in [5.74, 6) is -0.0162. The maximum atomic E-state index is 11.1. The van der Waals surface area contributed by atoms with Crippen molar-refractivity contribution < 1.29 is 9.53 Å². The summed E-state index contributed by atoms with van der Waals surface area (Å²) in [7, 11) is 0. The second kappa shape index (κ2) is 3.16. The predicted molar refractivity (Wildman–Crippen MR) is 56.3 cm³/mol. The lowest BCUT2D eigenvalue weighted by Gasteiger charge is -2.09. The van der Waals surface area contributed by atoms with E-state index in [-0.39, 0.29) is 0 Å². The Morgan fingerprint density at radius 1 is 1.57 bits per heavy atom. The number of ether oxygens (including phenoxy) is 1. The van der Waals surface area contributed by atoms with Gasteiger partial charge in [-0.3, -0.25) is 4.79 Å². The number of amides is 1. The standard InChI is InChI=1S/C9H9BrN2O2/c10-5-3-6(11)7(9(12)13)8-4(5)1-2-14-8/h3H,1-2,11H2,(H2,12,13). The van der Waals surface area contributed by atoms with Crippen LogP contribution < -0.4 is 16.2 Å². The van der Waals surface area contributed by atoms with E-state index in [1.165, 1.54) is 0 Å². The molecular formula is C9H9BrN2O2. The summed E-state index contributed by atoms with van der Waals surface area (Å²) in [4.78, 5) is 11.1. The Balaban J connectivity index is 2.72. The smallest absolute Gasteiger partial charge is 0.254 e. The lowest BCUT2D eigenvalue weighted by molar-refractivity contribution is 0.0998. The fourth-order valence-electron chi connectivity index (χ4n) is 1.59. The van der Waals surface area contributed by atoms with Crippen molar-refractivity contribution in [3.8, 4) is 5.75 Å². The number of primary amides is 1. The zero-order chi connectivity index (χ0) is 10.3. The molecule has 14 heavy (non-hydrogen) atoms. The van der Waals surface area contributed by atoms with Crippen molar-refractivity contribution in [1.82, 2.24) is 0 Å². The minimum absolute atomic E-state index is 0.292. The molecule has 0 fully saturated rings. The maximum absolute atomic E-state index is 11.1. The van der Waals surface area contributed by atoms with Crippen LogP contribution in [0.25, 0.3) is 0 Å². The van der Waals surface area contributed by atoms with Crippen molar-refractivity contribution in [2.24, 2.45) is 5.73 Å². The average Bonchev–Trinajstić information content (AvgIpc) is 2.51. The molecule has 4 nitrogen and oxygen atoms in total. The van der Waals surface area contributed by atoms with Crippen LogP contribution in [0.15, 0.2) is 10.5 Å². The van der Waals surface area contributed by atoms with Crippen molar-refractivity contribution in [3.63, 3.8) is 0 Å². The highest BCUT2D eigenvalue weighted by Crippen LogP contribution is 2.38. The predicted octanol–water partition coefficient (Wildman–Crippen LogP) is 1.07. The third-order valence-corrected chi connectivity index (χ3v) is 2.91. The van der Waals surface area contributed by atoms with Gasteiger partial charge >= 0.3 is 0 Å². The molecule has 1 aliphatic heterocycles. The zero-order valence-electron chi connectivity index (χ0n) is 7.34. The van der Waals surface area contributed by atoms with Gasteiger partial charge in [0, 0.05) is 22.1 Å². The number of carbonyl (C=O) groups is 1. The summed E-state index contributed by atoms with van der Waals surface area (Å²) in [6.07, 6.45) is 0.774. The number of benzene rings is 1. The molecule has 0 bridgehead atoms. The van der Waals surface area contributed by atoms with E-state index in [2.05, 4.69) is 15.9 Å². The van der Waals surface area contributed by atoms with E-state index in [0.29, 0.717) is 23.6 Å². The summed E-state index contributed by atoms with van der Waals surface area (Å²) in [6, 6.07) is 1.69. The largest absolute Gasteiger partial charge is 0.492 e. The normalized spacial score (nSPS) is 13.5. The molecule has 0 aliphatic carbocycles. The molecule has 1 aliphatic rings. The third kappa shape index (κ3) is 1.24. The number of rotatable bonds is 1. The third-order valence-electron chi connectivity index (χ3n) is 2.21. The molecular weight excluding hydrogens is 248 g/mol. The minimum Gasteiger partial charge on any atom is -0.492 e. The van der Waals surface area contributed by atoms with E-state index in [9.17, 15) is 4.79 Å². The fourth-order valence-corrected chi connectivity index (χ4v) is 2.21. The summed E-state index contributed by atoms with van der Waals surface area (Å²) in [6.45, 7) is 0.567. The number of carbonyl (C=O) groups excluding carboxylic acids is 1. The first-order valence-corrected chi connectivity index (χ1v) is 4.94. The molecule has 2 rings (SSSR count). The second-order valence-corrected chi connectivity index (χ2v) is 3.95. The van der Waals surface area contributed by atoms with Crippen molar-refractivity contribution in [1.29, 1.82) is 0 Å². The Kier molecular flexibility index (Phi) is 2.11. The SMILES string of the molecule is NC(=O)c1c(N)cc(Br)c2c1OCC2. The Morgan fingerprint density at radius 3 is 2.93 bits per heavy atom. The molecule has 0 atom stereocenters. The summed E-state index contributed by atoms with van der Waals surface area (Å²) >= 11 is 3.37. The second-order valence-electron chi connectivity index (χ2n) is 3.09. The highest BCUT2D eigenvalue weighted by atomic mass is 79.9. The number of fused-ring (bicyclic) bond motifs is 1. The van der Waals surface area contributed by atoms with Gasteiger partial charge < -0.3 is 16.2 Å². The molecule has 0 saturated heterocycles. The lowest BCUT2D eigenvalue weighted by Crippen LogP contribution is -2.15. The Morgan fingerprint density at radius 2 is 2.29 bits per heavy atom. The van der Waals surface area contributed by atoms with Crippen LogP contribution in [0, 0.1) is 0 Å². The van der Waals surface area contributed by atoms with Crippen molar-refractivity contribution in [2.75, 3.05) is 12.3 Å². The van der Waals surface area contributed by atoms with Gasteiger partial charge in [0.15, 0.2) is 0 Å². The number of nitrogen functional groups attached to an aromatic ring is 1. The van der Waals surface area contributed by atoms with Crippen molar-refractivity contribution >= 4 is 27.5 Å². The van der Waals surface area contributed by atoms with E-state index in [4.69, 9.17) is 16.2 Å². The van der Waals surface area contributed by atoms with E-state index in [0.717, 1.165) is 16.5 Å². The number of hydrogen-bond acceptors (Lipinski definition) is 3. The molecule has 1 heterocycles. The average molecular weight is 257 g/mol. The first-order chi connectivity index (χ1) is 6.61. The van der Waals surface area contributed by atoms with Crippen LogP contribution in [0.1, 0.15) is 15.9 Å². The summed E-state index contributed by atoms with van der Waals surface area (Å²) in [5.41, 5.74) is 12.5. The van der Waals surface area contributed by atoms with Crippen LogP contribution in [0.3, 0.4) is 0 Å². The van der Waals surface area contributed by atoms with E-state index in [1.807, 2.05) is 0 Å².